The van der Waals surface area contributed by atoms with E-state index < -0.39 is 0 Å². The third-order valence-electron chi connectivity index (χ3n) is 2.39. The highest BCUT2D eigenvalue weighted by Crippen LogP contribution is 2.10. The normalized spacial score (nSPS) is 10.9. The van der Waals surface area contributed by atoms with E-state index in [1.165, 1.54) is 24.0 Å². The molecule has 0 radical (unpaired) electrons. The van der Waals surface area contributed by atoms with E-state index in [-0.39, 0.29) is 0 Å². The van der Waals surface area contributed by atoms with Crippen LogP contribution in [0.4, 0.5) is 0 Å². The van der Waals surface area contributed by atoms with Crippen LogP contribution < -0.4 is 5.32 Å². The minimum atomic E-state index is 0.740. The first-order valence-electron chi connectivity index (χ1n) is 6.01. The molecule has 0 saturated heterocycles. The van der Waals surface area contributed by atoms with Crippen LogP contribution in [-0.2, 0) is 13.0 Å². The standard InChI is InChI=1S/C14H23N/c1-4-8-15-11-14-7-5-6-13(10-14)9-12(2)3/h5-7,10,12,15H,4,8-9,11H2,1-3H3. The SMILES string of the molecule is CCCNCc1cccc(CC(C)C)c1. The van der Waals surface area contributed by atoms with Gasteiger partial charge in [0, 0.05) is 6.54 Å². The Morgan fingerprint density at radius 1 is 1.20 bits per heavy atom. The Labute approximate surface area is 93.9 Å². The molecule has 1 heteroatoms. The van der Waals surface area contributed by atoms with Crippen molar-refractivity contribution >= 4 is 0 Å². The zero-order valence-corrected chi connectivity index (χ0v) is 10.2. The monoisotopic (exact) mass is 205 g/mol. The molecule has 0 atom stereocenters. The maximum atomic E-state index is 3.43. The van der Waals surface area contributed by atoms with Gasteiger partial charge in [-0.3, -0.25) is 0 Å². The van der Waals surface area contributed by atoms with E-state index in [9.17, 15) is 0 Å². The van der Waals surface area contributed by atoms with Crippen molar-refractivity contribution in [3.8, 4) is 0 Å². The lowest BCUT2D eigenvalue weighted by Gasteiger charge is -2.08. The second kappa shape index (κ2) is 6.62. The summed E-state index contributed by atoms with van der Waals surface area (Å²) in [7, 11) is 0. The van der Waals surface area contributed by atoms with Gasteiger partial charge in [-0.1, -0.05) is 45.0 Å². The second-order valence-corrected chi connectivity index (χ2v) is 4.59. The average molecular weight is 205 g/mol. The molecule has 0 fully saturated rings. The zero-order valence-electron chi connectivity index (χ0n) is 10.2. The highest BCUT2D eigenvalue weighted by molar-refractivity contribution is 5.23. The Kier molecular flexibility index (Phi) is 5.41. The summed E-state index contributed by atoms with van der Waals surface area (Å²) in [5.74, 6) is 0.740. The maximum absolute atomic E-state index is 3.43. The van der Waals surface area contributed by atoms with Crippen molar-refractivity contribution in [1.82, 2.24) is 5.32 Å². The molecular formula is C14H23N. The van der Waals surface area contributed by atoms with E-state index in [0.29, 0.717) is 0 Å². The van der Waals surface area contributed by atoms with Gasteiger partial charge in [-0.2, -0.15) is 0 Å². The number of hydrogen-bond acceptors (Lipinski definition) is 1. The van der Waals surface area contributed by atoms with Gasteiger partial charge in [0.25, 0.3) is 0 Å². The van der Waals surface area contributed by atoms with Gasteiger partial charge in [0.1, 0.15) is 0 Å². The quantitative estimate of drug-likeness (QED) is 0.702. The smallest absolute Gasteiger partial charge is 0.0205 e. The van der Waals surface area contributed by atoms with Gasteiger partial charge in [0.15, 0.2) is 0 Å². The third kappa shape index (κ3) is 4.98. The van der Waals surface area contributed by atoms with E-state index in [1.54, 1.807) is 0 Å². The van der Waals surface area contributed by atoms with Gasteiger partial charge >= 0.3 is 0 Å². The molecule has 1 rings (SSSR count). The molecule has 1 nitrogen and oxygen atoms in total. The van der Waals surface area contributed by atoms with Crippen molar-refractivity contribution in [3.05, 3.63) is 35.4 Å². The Balaban J connectivity index is 2.50. The van der Waals surface area contributed by atoms with Gasteiger partial charge in [-0.15, -0.1) is 0 Å². The van der Waals surface area contributed by atoms with Crippen molar-refractivity contribution in [3.63, 3.8) is 0 Å². The van der Waals surface area contributed by atoms with Gasteiger partial charge < -0.3 is 5.32 Å². The summed E-state index contributed by atoms with van der Waals surface area (Å²) in [5, 5.41) is 3.43. The molecule has 0 unspecified atom stereocenters. The van der Waals surface area contributed by atoms with Crippen molar-refractivity contribution in [1.29, 1.82) is 0 Å². The molecule has 0 spiro atoms. The minimum Gasteiger partial charge on any atom is -0.313 e. The maximum Gasteiger partial charge on any atom is 0.0205 e. The molecular weight excluding hydrogens is 182 g/mol. The zero-order chi connectivity index (χ0) is 11.1. The molecule has 0 aromatic heterocycles. The largest absolute Gasteiger partial charge is 0.313 e. The summed E-state index contributed by atoms with van der Waals surface area (Å²) in [5.41, 5.74) is 2.86. The van der Waals surface area contributed by atoms with Crippen molar-refractivity contribution in [2.75, 3.05) is 6.54 Å². The van der Waals surface area contributed by atoms with Crippen molar-refractivity contribution in [2.45, 2.75) is 40.2 Å². The number of rotatable bonds is 6. The van der Waals surface area contributed by atoms with Crippen LogP contribution in [0.25, 0.3) is 0 Å². The third-order valence-corrected chi connectivity index (χ3v) is 2.39. The molecule has 1 aromatic carbocycles. The number of nitrogens with one attached hydrogen (secondary N) is 1. The van der Waals surface area contributed by atoms with E-state index in [0.717, 1.165) is 19.0 Å². The number of hydrogen-bond donors (Lipinski definition) is 1. The predicted octanol–water partition coefficient (Wildman–Crippen LogP) is 3.38. The molecule has 1 N–H and O–H groups in total. The Bertz CT molecular complexity index is 278. The van der Waals surface area contributed by atoms with Gasteiger partial charge in [0.2, 0.25) is 0 Å². The summed E-state index contributed by atoms with van der Waals surface area (Å²) in [6, 6.07) is 8.92. The molecule has 0 bridgehead atoms. The molecule has 0 heterocycles. The molecule has 0 saturated carbocycles. The van der Waals surface area contributed by atoms with Crippen LogP contribution in [0, 0.1) is 5.92 Å². The number of benzene rings is 1. The summed E-state index contributed by atoms with van der Waals surface area (Å²) in [6.07, 6.45) is 2.38. The highest BCUT2D eigenvalue weighted by atomic mass is 14.8. The molecule has 84 valence electrons. The van der Waals surface area contributed by atoms with E-state index in [4.69, 9.17) is 0 Å². The lowest BCUT2D eigenvalue weighted by Crippen LogP contribution is -2.13. The van der Waals surface area contributed by atoms with Crippen LogP contribution in [-0.4, -0.2) is 6.54 Å². The Morgan fingerprint density at radius 2 is 1.93 bits per heavy atom. The molecule has 0 aliphatic carbocycles. The predicted molar refractivity (Wildman–Crippen MR) is 67.0 cm³/mol. The molecule has 1 aromatic rings. The summed E-state index contributed by atoms with van der Waals surface area (Å²) >= 11 is 0. The minimum absolute atomic E-state index is 0.740. The lowest BCUT2D eigenvalue weighted by molar-refractivity contribution is 0.643. The molecule has 0 amide bonds. The van der Waals surface area contributed by atoms with Crippen LogP contribution in [0.15, 0.2) is 24.3 Å². The molecule has 15 heavy (non-hydrogen) atoms. The van der Waals surface area contributed by atoms with Crippen LogP contribution in [0.3, 0.4) is 0 Å². The van der Waals surface area contributed by atoms with Crippen molar-refractivity contribution in [2.24, 2.45) is 5.92 Å². The molecule has 0 aliphatic rings. The average Bonchev–Trinajstić information content (AvgIpc) is 2.18. The topological polar surface area (TPSA) is 12.0 Å². The second-order valence-electron chi connectivity index (χ2n) is 4.59. The fraction of sp³-hybridized carbons (Fsp3) is 0.571. The van der Waals surface area contributed by atoms with Gasteiger partial charge in [-0.05, 0) is 36.4 Å². The van der Waals surface area contributed by atoms with Crippen molar-refractivity contribution < 1.29 is 0 Å². The first-order valence-corrected chi connectivity index (χ1v) is 6.01. The summed E-state index contributed by atoms with van der Waals surface area (Å²) in [4.78, 5) is 0. The highest BCUT2D eigenvalue weighted by Gasteiger charge is 1.98. The Hall–Kier alpha value is -0.820. The van der Waals surface area contributed by atoms with E-state index in [2.05, 4.69) is 50.4 Å². The first kappa shape index (κ1) is 12.3. The Morgan fingerprint density at radius 3 is 2.60 bits per heavy atom. The fourth-order valence-corrected chi connectivity index (χ4v) is 1.75. The summed E-state index contributed by atoms with van der Waals surface area (Å²) < 4.78 is 0. The van der Waals surface area contributed by atoms with Gasteiger partial charge in [-0.25, -0.2) is 0 Å². The van der Waals surface area contributed by atoms with Crippen LogP contribution in [0.1, 0.15) is 38.3 Å². The van der Waals surface area contributed by atoms with Crippen LogP contribution in [0.2, 0.25) is 0 Å². The molecule has 0 aliphatic heterocycles. The lowest BCUT2D eigenvalue weighted by atomic mass is 10.0. The fourth-order valence-electron chi connectivity index (χ4n) is 1.75. The first-order chi connectivity index (χ1) is 7.22. The van der Waals surface area contributed by atoms with Gasteiger partial charge in [0.05, 0.1) is 0 Å². The summed E-state index contributed by atoms with van der Waals surface area (Å²) in [6.45, 7) is 8.83. The van der Waals surface area contributed by atoms with E-state index in [1.807, 2.05) is 0 Å². The van der Waals surface area contributed by atoms with E-state index >= 15 is 0 Å². The van der Waals surface area contributed by atoms with Crippen LogP contribution in [0.5, 0.6) is 0 Å². The van der Waals surface area contributed by atoms with Crippen LogP contribution >= 0.6 is 0 Å².